The summed E-state index contributed by atoms with van der Waals surface area (Å²) in [6.07, 6.45) is 4.48. The first-order valence-corrected chi connectivity index (χ1v) is 7.02. The first kappa shape index (κ1) is 13.5. The molecule has 0 bridgehead atoms. The number of hydrogen-bond acceptors (Lipinski definition) is 5. The summed E-state index contributed by atoms with van der Waals surface area (Å²) in [5, 5.41) is 15.0. The lowest BCUT2D eigenvalue weighted by atomic mass is 10.2. The molecule has 1 aromatic heterocycles. The average molecular weight is 288 g/mol. The zero-order valence-corrected chi connectivity index (χ0v) is 11.6. The average Bonchev–Trinajstić information content (AvgIpc) is 2.75. The summed E-state index contributed by atoms with van der Waals surface area (Å²) in [5.74, 6) is 2.26. The smallest absolute Gasteiger partial charge is 0.269 e. The number of nitrogens with zero attached hydrogens (tertiary/aromatic N) is 4. The maximum absolute atomic E-state index is 10.6. The van der Waals surface area contributed by atoms with Gasteiger partial charge < -0.3 is 4.74 Å². The van der Waals surface area contributed by atoms with Gasteiger partial charge in [0.25, 0.3) is 5.69 Å². The Labute approximate surface area is 121 Å². The molecule has 3 rings (SSSR count). The number of hydrogen-bond donors (Lipinski definition) is 0. The summed E-state index contributed by atoms with van der Waals surface area (Å²) in [5.41, 5.74) is 0.0502. The Morgan fingerprint density at radius 2 is 2.05 bits per heavy atom. The number of fused-ring (bicyclic) bond motifs is 1. The first-order chi connectivity index (χ1) is 10.2. The number of aromatic nitrogens is 3. The third kappa shape index (κ3) is 3.18. The van der Waals surface area contributed by atoms with E-state index in [9.17, 15) is 10.1 Å². The van der Waals surface area contributed by atoms with Crippen LogP contribution in [-0.4, -0.2) is 19.7 Å². The lowest BCUT2D eigenvalue weighted by Crippen LogP contribution is -2.03. The highest BCUT2D eigenvalue weighted by molar-refractivity contribution is 5.35. The molecule has 0 aliphatic carbocycles. The molecule has 7 heteroatoms. The molecule has 0 saturated heterocycles. The van der Waals surface area contributed by atoms with E-state index in [1.165, 1.54) is 18.6 Å². The second kappa shape index (κ2) is 5.90. The van der Waals surface area contributed by atoms with Gasteiger partial charge >= 0.3 is 0 Å². The van der Waals surface area contributed by atoms with Crippen LogP contribution in [0.4, 0.5) is 5.69 Å². The fraction of sp³-hybridized carbons (Fsp3) is 0.429. The fourth-order valence-corrected chi connectivity index (χ4v) is 2.38. The number of nitro benzene ring substituents is 1. The third-order valence-corrected chi connectivity index (χ3v) is 3.48. The highest BCUT2D eigenvalue weighted by Gasteiger charge is 2.13. The largest absolute Gasteiger partial charge is 0.486 e. The van der Waals surface area contributed by atoms with E-state index in [1.54, 1.807) is 12.1 Å². The van der Waals surface area contributed by atoms with E-state index in [0.717, 1.165) is 31.6 Å². The van der Waals surface area contributed by atoms with Gasteiger partial charge in [-0.3, -0.25) is 10.1 Å². The zero-order valence-electron chi connectivity index (χ0n) is 11.6. The SMILES string of the molecule is O=[N+]([O-])c1ccc(OCc2nc3n(n2)CCCCC3)cc1. The van der Waals surface area contributed by atoms with Crippen LogP contribution in [0.3, 0.4) is 0 Å². The molecule has 7 nitrogen and oxygen atoms in total. The van der Waals surface area contributed by atoms with Crippen LogP contribution in [0.2, 0.25) is 0 Å². The van der Waals surface area contributed by atoms with Gasteiger partial charge in [0.05, 0.1) is 4.92 Å². The monoisotopic (exact) mass is 288 g/mol. The van der Waals surface area contributed by atoms with Gasteiger partial charge in [-0.15, -0.1) is 0 Å². The standard InChI is InChI=1S/C14H16N4O3/c19-18(20)11-5-7-12(8-6-11)21-10-13-15-14-4-2-1-3-9-17(14)16-13/h5-8H,1-4,9-10H2. The van der Waals surface area contributed by atoms with Gasteiger partial charge in [0.1, 0.15) is 18.2 Å². The van der Waals surface area contributed by atoms with Crippen molar-refractivity contribution in [3.8, 4) is 5.75 Å². The Kier molecular flexibility index (Phi) is 3.81. The number of aryl methyl sites for hydroxylation is 2. The molecule has 0 saturated carbocycles. The van der Waals surface area contributed by atoms with Gasteiger partial charge in [-0.1, -0.05) is 6.42 Å². The Balaban J connectivity index is 1.63. The molecule has 1 aliphatic heterocycles. The van der Waals surface area contributed by atoms with Crippen molar-refractivity contribution in [2.45, 2.75) is 38.8 Å². The Morgan fingerprint density at radius 3 is 2.81 bits per heavy atom. The number of rotatable bonds is 4. The van der Waals surface area contributed by atoms with Gasteiger partial charge in [0.2, 0.25) is 0 Å². The number of benzene rings is 1. The van der Waals surface area contributed by atoms with E-state index < -0.39 is 4.92 Å². The Morgan fingerprint density at radius 1 is 1.24 bits per heavy atom. The lowest BCUT2D eigenvalue weighted by Gasteiger charge is -2.02. The molecule has 0 spiro atoms. The Bertz CT molecular complexity index is 613. The summed E-state index contributed by atoms with van der Waals surface area (Å²) >= 11 is 0. The lowest BCUT2D eigenvalue weighted by molar-refractivity contribution is -0.384. The fourth-order valence-electron chi connectivity index (χ4n) is 2.38. The van der Waals surface area contributed by atoms with Crippen LogP contribution in [0, 0.1) is 10.1 Å². The van der Waals surface area contributed by atoms with Crippen molar-refractivity contribution in [2.75, 3.05) is 0 Å². The van der Waals surface area contributed by atoms with Crippen molar-refractivity contribution < 1.29 is 9.66 Å². The van der Waals surface area contributed by atoms with E-state index in [-0.39, 0.29) is 12.3 Å². The highest BCUT2D eigenvalue weighted by atomic mass is 16.6. The van der Waals surface area contributed by atoms with Crippen LogP contribution < -0.4 is 4.74 Å². The van der Waals surface area contributed by atoms with Crippen molar-refractivity contribution in [3.63, 3.8) is 0 Å². The van der Waals surface area contributed by atoms with Crippen LogP contribution in [-0.2, 0) is 19.6 Å². The van der Waals surface area contributed by atoms with Crippen LogP contribution in [0.5, 0.6) is 5.75 Å². The number of ether oxygens (including phenoxy) is 1. The molecule has 0 atom stereocenters. The van der Waals surface area contributed by atoms with E-state index in [0.29, 0.717) is 11.6 Å². The summed E-state index contributed by atoms with van der Waals surface area (Å²) in [7, 11) is 0. The summed E-state index contributed by atoms with van der Waals surface area (Å²) in [4.78, 5) is 14.6. The number of nitro groups is 1. The second-order valence-electron chi connectivity index (χ2n) is 5.02. The molecule has 0 radical (unpaired) electrons. The molecule has 110 valence electrons. The van der Waals surface area contributed by atoms with Crippen LogP contribution in [0.25, 0.3) is 0 Å². The van der Waals surface area contributed by atoms with E-state index >= 15 is 0 Å². The molecule has 21 heavy (non-hydrogen) atoms. The predicted octanol–water partition coefficient (Wildman–Crippen LogP) is 2.49. The molecule has 2 aromatic rings. The molecule has 0 fully saturated rings. The van der Waals surface area contributed by atoms with Crippen molar-refractivity contribution in [3.05, 3.63) is 46.0 Å². The van der Waals surface area contributed by atoms with Crippen molar-refractivity contribution in [1.29, 1.82) is 0 Å². The normalized spacial score (nSPS) is 14.3. The van der Waals surface area contributed by atoms with E-state index in [4.69, 9.17) is 4.74 Å². The molecule has 1 aromatic carbocycles. The maximum atomic E-state index is 10.6. The van der Waals surface area contributed by atoms with Gasteiger partial charge in [-0.2, -0.15) is 5.10 Å². The van der Waals surface area contributed by atoms with Crippen molar-refractivity contribution in [2.24, 2.45) is 0 Å². The summed E-state index contributed by atoms with van der Waals surface area (Å²) in [6, 6.07) is 6.01. The summed E-state index contributed by atoms with van der Waals surface area (Å²) < 4.78 is 7.53. The number of non-ortho nitro benzene ring substituents is 1. The maximum Gasteiger partial charge on any atom is 0.269 e. The minimum atomic E-state index is -0.433. The van der Waals surface area contributed by atoms with E-state index in [1.807, 2.05) is 4.68 Å². The molecule has 0 unspecified atom stereocenters. The van der Waals surface area contributed by atoms with E-state index in [2.05, 4.69) is 10.1 Å². The molecular weight excluding hydrogens is 272 g/mol. The second-order valence-corrected chi connectivity index (χ2v) is 5.02. The Hall–Kier alpha value is -2.44. The van der Waals surface area contributed by atoms with Gasteiger partial charge in [-0.25, -0.2) is 9.67 Å². The molecule has 1 aliphatic rings. The molecule has 0 N–H and O–H groups in total. The van der Waals surface area contributed by atoms with Gasteiger partial charge in [0.15, 0.2) is 5.82 Å². The van der Waals surface area contributed by atoms with Crippen molar-refractivity contribution in [1.82, 2.24) is 14.8 Å². The first-order valence-electron chi connectivity index (χ1n) is 7.02. The summed E-state index contributed by atoms with van der Waals surface area (Å²) in [6.45, 7) is 1.19. The zero-order chi connectivity index (χ0) is 14.7. The van der Waals surface area contributed by atoms with Crippen molar-refractivity contribution >= 4 is 5.69 Å². The topological polar surface area (TPSA) is 83.1 Å². The minimum absolute atomic E-state index is 0.0502. The molecule has 0 amide bonds. The van der Waals surface area contributed by atoms with Crippen LogP contribution in [0.15, 0.2) is 24.3 Å². The predicted molar refractivity (Wildman–Crippen MR) is 75.0 cm³/mol. The van der Waals surface area contributed by atoms with Crippen LogP contribution >= 0.6 is 0 Å². The van der Waals surface area contributed by atoms with Crippen LogP contribution in [0.1, 0.15) is 30.9 Å². The minimum Gasteiger partial charge on any atom is -0.486 e. The highest BCUT2D eigenvalue weighted by Crippen LogP contribution is 2.18. The third-order valence-electron chi connectivity index (χ3n) is 3.48. The quantitative estimate of drug-likeness (QED) is 0.637. The van der Waals surface area contributed by atoms with Gasteiger partial charge in [0, 0.05) is 25.1 Å². The molecule has 2 heterocycles. The molecular formula is C14H16N4O3. The van der Waals surface area contributed by atoms with Gasteiger partial charge in [-0.05, 0) is 25.0 Å².